The molecule has 1 amide bonds. The van der Waals surface area contributed by atoms with Gasteiger partial charge in [-0.2, -0.15) is 0 Å². The Bertz CT molecular complexity index is 719. The maximum atomic E-state index is 12.5. The summed E-state index contributed by atoms with van der Waals surface area (Å²) in [6.07, 6.45) is 3.31. The first kappa shape index (κ1) is 19.7. The summed E-state index contributed by atoms with van der Waals surface area (Å²) < 4.78 is 31.5. The molecule has 1 aliphatic carbocycles. The van der Waals surface area contributed by atoms with Gasteiger partial charge in [0.1, 0.15) is 10.6 Å². The van der Waals surface area contributed by atoms with Crippen molar-refractivity contribution in [1.29, 1.82) is 0 Å². The van der Waals surface area contributed by atoms with Gasteiger partial charge in [0, 0.05) is 32.2 Å². The van der Waals surface area contributed by atoms with Crippen molar-refractivity contribution < 1.29 is 17.9 Å². The molecule has 140 valence electrons. The molecule has 0 aliphatic heterocycles. The second-order valence-corrected chi connectivity index (χ2v) is 8.61. The van der Waals surface area contributed by atoms with Crippen molar-refractivity contribution in [1.82, 2.24) is 4.31 Å². The topological polar surface area (TPSA) is 102 Å². The zero-order chi connectivity index (χ0) is 18.6. The van der Waals surface area contributed by atoms with E-state index in [0.29, 0.717) is 18.7 Å². The maximum absolute atomic E-state index is 12.5. The lowest BCUT2D eigenvalue weighted by Gasteiger charge is -2.18. The molecule has 7 nitrogen and oxygen atoms in total. The summed E-state index contributed by atoms with van der Waals surface area (Å²) in [5, 5.41) is 2.78. The Morgan fingerprint density at radius 3 is 2.64 bits per heavy atom. The number of hydrogen-bond acceptors (Lipinski definition) is 5. The lowest BCUT2D eigenvalue weighted by atomic mass is 10.00. The molecule has 3 N–H and O–H groups in total. The monoisotopic (exact) mass is 369 g/mol. The van der Waals surface area contributed by atoms with E-state index in [0.717, 1.165) is 23.6 Å². The molecule has 1 aliphatic rings. The van der Waals surface area contributed by atoms with E-state index < -0.39 is 10.0 Å². The molecule has 1 saturated carbocycles. The van der Waals surface area contributed by atoms with Gasteiger partial charge in [-0.25, -0.2) is 12.7 Å². The molecule has 1 aromatic rings. The van der Waals surface area contributed by atoms with Crippen LogP contribution in [-0.4, -0.2) is 45.4 Å². The number of nitrogens with two attached hydrogens (primary N) is 1. The van der Waals surface area contributed by atoms with Gasteiger partial charge >= 0.3 is 0 Å². The third-order valence-corrected chi connectivity index (χ3v) is 6.29. The lowest BCUT2D eigenvalue weighted by molar-refractivity contribution is -0.117. The average Bonchev–Trinajstić information content (AvgIpc) is 2.93. The highest BCUT2D eigenvalue weighted by Crippen LogP contribution is 2.30. The number of nitrogens with zero attached hydrogens (tertiary/aromatic N) is 1. The van der Waals surface area contributed by atoms with E-state index in [1.807, 2.05) is 0 Å². The van der Waals surface area contributed by atoms with Gasteiger partial charge in [-0.1, -0.05) is 6.42 Å². The predicted octanol–water partition coefficient (Wildman–Crippen LogP) is 1.79. The van der Waals surface area contributed by atoms with Crippen molar-refractivity contribution in [3.63, 3.8) is 0 Å². The van der Waals surface area contributed by atoms with Crippen LogP contribution in [0.2, 0.25) is 0 Å². The summed E-state index contributed by atoms with van der Waals surface area (Å²) in [4.78, 5) is 12.3. The van der Waals surface area contributed by atoms with Crippen molar-refractivity contribution in [2.24, 2.45) is 11.7 Å². The number of nitrogens with one attached hydrogen (secondary N) is 1. The Kier molecular flexibility index (Phi) is 6.42. The van der Waals surface area contributed by atoms with E-state index in [4.69, 9.17) is 10.5 Å². The first-order chi connectivity index (χ1) is 11.8. The molecule has 1 fully saturated rings. The summed E-state index contributed by atoms with van der Waals surface area (Å²) in [6.45, 7) is 2.13. The molecule has 0 radical (unpaired) electrons. The third kappa shape index (κ3) is 4.71. The molecule has 0 bridgehead atoms. The summed E-state index contributed by atoms with van der Waals surface area (Å²) >= 11 is 0. The van der Waals surface area contributed by atoms with Crippen LogP contribution < -0.4 is 15.8 Å². The van der Waals surface area contributed by atoms with Crippen LogP contribution in [0, 0.1) is 5.92 Å². The fraction of sp³-hybridized carbons (Fsp3) is 0.588. The third-order valence-electron chi connectivity index (χ3n) is 4.45. The predicted molar refractivity (Wildman–Crippen MR) is 97.0 cm³/mol. The molecule has 2 rings (SSSR count). The summed E-state index contributed by atoms with van der Waals surface area (Å²) in [5.74, 6) is 0.305. The van der Waals surface area contributed by atoms with E-state index in [-0.39, 0.29) is 28.5 Å². The summed E-state index contributed by atoms with van der Waals surface area (Å²) in [6, 6.07) is 4.71. The molecule has 0 heterocycles. The summed E-state index contributed by atoms with van der Waals surface area (Å²) in [5.41, 5.74) is 6.44. The van der Waals surface area contributed by atoms with Gasteiger partial charge in [-0.3, -0.25) is 4.79 Å². The van der Waals surface area contributed by atoms with Crippen molar-refractivity contribution in [2.75, 3.05) is 26.0 Å². The fourth-order valence-electron chi connectivity index (χ4n) is 3.03. The Hall–Kier alpha value is -1.64. The Morgan fingerprint density at radius 2 is 2.08 bits per heavy atom. The Labute approximate surface area is 149 Å². The van der Waals surface area contributed by atoms with E-state index >= 15 is 0 Å². The first-order valence-corrected chi connectivity index (χ1v) is 9.94. The molecule has 0 saturated heterocycles. The van der Waals surface area contributed by atoms with Crippen LogP contribution in [0.3, 0.4) is 0 Å². The van der Waals surface area contributed by atoms with Crippen molar-refractivity contribution in [3.8, 4) is 5.75 Å². The van der Waals surface area contributed by atoms with E-state index in [2.05, 4.69) is 5.32 Å². The standard InChI is InChI=1S/C17H27N3O4S/c1-4-24-15-9-8-13(11-16(15)25(22,23)20(2)3)19-17(21)10-12-6-5-7-14(12)18/h8-9,11-12,14H,4-7,10,18H2,1-3H3,(H,19,21)/t12-,14+/m0/s1. The number of carbonyl (C=O) groups excluding carboxylic acids is 1. The minimum absolute atomic E-state index is 0.0368. The first-order valence-electron chi connectivity index (χ1n) is 8.50. The highest BCUT2D eigenvalue weighted by Gasteiger charge is 2.27. The van der Waals surface area contributed by atoms with Gasteiger partial charge in [0.25, 0.3) is 0 Å². The number of carbonyl (C=O) groups is 1. The molecule has 2 atom stereocenters. The fourth-order valence-corrected chi connectivity index (χ4v) is 4.08. The maximum Gasteiger partial charge on any atom is 0.246 e. The molecule has 25 heavy (non-hydrogen) atoms. The SMILES string of the molecule is CCOc1ccc(NC(=O)C[C@@H]2CCC[C@H]2N)cc1S(=O)(=O)N(C)C. The number of rotatable bonds is 7. The van der Waals surface area contributed by atoms with E-state index in [1.165, 1.54) is 20.2 Å². The number of anilines is 1. The highest BCUT2D eigenvalue weighted by atomic mass is 32.2. The number of ether oxygens (including phenoxy) is 1. The smallest absolute Gasteiger partial charge is 0.246 e. The second-order valence-electron chi connectivity index (χ2n) is 6.49. The largest absolute Gasteiger partial charge is 0.492 e. The van der Waals surface area contributed by atoms with Gasteiger partial charge in [0.15, 0.2) is 0 Å². The normalized spacial score (nSPS) is 20.7. The van der Waals surface area contributed by atoms with Gasteiger partial charge in [-0.15, -0.1) is 0 Å². The molecular formula is C17H27N3O4S. The molecular weight excluding hydrogens is 342 g/mol. The van der Waals surface area contributed by atoms with E-state index in [9.17, 15) is 13.2 Å². The lowest BCUT2D eigenvalue weighted by Crippen LogP contribution is -2.28. The van der Waals surface area contributed by atoms with Gasteiger partial charge < -0.3 is 15.8 Å². The molecule has 0 aromatic heterocycles. The van der Waals surface area contributed by atoms with Crippen LogP contribution in [0.5, 0.6) is 5.75 Å². The number of hydrogen-bond donors (Lipinski definition) is 2. The van der Waals surface area contributed by atoms with Crippen LogP contribution in [0.25, 0.3) is 0 Å². The molecule has 8 heteroatoms. The second kappa shape index (κ2) is 8.16. The zero-order valence-electron chi connectivity index (χ0n) is 15.0. The molecule has 1 aromatic carbocycles. The van der Waals surface area contributed by atoms with Gasteiger partial charge in [0.2, 0.25) is 15.9 Å². The minimum Gasteiger partial charge on any atom is -0.492 e. The summed E-state index contributed by atoms with van der Waals surface area (Å²) in [7, 11) is -0.770. The van der Waals surface area contributed by atoms with Crippen LogP contribution in [0.15, 0.2) is 23.1 Å². The number of amides is 1. The minimum atomic E-state index is -3.68. The average molecular weight is 369 g/mol. The molecule has 0 unspecified atom stereocenters. The van der Waals surface area contributed by atoms with Gasteiger partial charge in [-0.05, 0) is 43.9 Å². The van der Waals surface area contributed by atoms with Crippen LogP contribution in [0.1, 0.15) is 32.6 Å². The number of benzene rings is 1. The highest BCUT2D eigenvalue weighted by molar-refractivity contribution is 7.89. The number of sulfonamides is 1. The Morgan fingerprint density at radius 1 is 1.36 bits per heavy atom. The van der Waals surface area contributed by atoms with Crippen molar-refractivity contribution in [3.05, 3.63) is 18.2 Å². The van der Waals surface area contributed by atoms with Crippen molar-refractivity contribution >= 4 is 21.6 Å². The van der Waals surface area contributed by atoms with Crippen LogP contribution in [0.4, 0.5) is 5.69 Å². The van der Waals surface area contributed by atoms with Gasteiger partial charge in [0.05, 0.1) is 6.61 Å². The molecule has 0 spiro atoms. The van der Waals surface area contributed by atoms with Crippen LogP contribution in [-0.2, 0) is 14.8 Å². The Balaban J connectivity index is 2.20. The van der Waals surface area contributed by atoms with Crippen LogP contribution >= 0.6 is 0 Å². The quantitative estimate of drug-likeness (QED) is 0.763. The van der Waals surface area contributed by atoms with Crippen molar-refractivity contribution in [2.45, 2.75) is 43.5 Å². The van der Waals surface area contributed by atoms with E-state index in [1.54, 1.807) is 19.1 Å². The zero-order valence-corrected chi connectivity index (χ0v) is 15.8.